The van der Waals surface area contributed by atoms with Crippen LogP contribution in [0.1, 0.15) is 41.9 Å². The highest BCUT2D eigenvalue weighted by Crippen LogP contribution is 2.41. The van der Waals surface area contributed by atoms with Gasteiger partial charge < -0.3 is 5.32 Å². The van der Waals surface area contributed by atoms with Crippen LogP contribution in [0, 0.1) is 0 Å². The zero-order valence-corrected chi connectivity index (χ0v) is 23.3. The van der Waals surface area contributed by atoms with Crippen molar-refractivity contribution in [1.29, 1.82) is 0 Å². The van der Waals surface area contributed by atoms with Crippen molar-refractivity contribution in [3.63, 3.8) is 0 Å². The summed E-state index contributed by atoms with van der Waals surface area (Å²) in [5.41, 5.74) is 6.13. The SMILES string of the molecule is CNc1c(-c2ccccc2)c(-c2ccc(CN3CC(c4n[nH]c(-c5ccccn5)n4)C3)cc2)nc2nc(C3CC3)nn12. The third-order valence-corrected chi connectivity index (χ3v) is 8.11. The van der Waals surface area contributed by atoms with Gasteiger partial charge in [-0.15, -0.1) is 5.10 Å². The minimum Gasteiger partial charge on any atom is -0.372 e. The van der Waals surface area contributed by atoms with Crippen molar-refractivity contribution in [2.45, 2.75) is 31.2 Å². The van der Waals surface area contributed by atoms with Gasteiger partial charge in [0.25, 0.3) is 5.78 Å². The summed E-state index contributed by atoms with van der Waals surface area (Å²) in [4.78, 5) is 21.4. The maximum Gasteiger partial charge on any atom is 0.254 e. The van der Waals surface area contributed by atoms with Gasteiger partial charge in [-0.1, -0.05) is 60.7 Å². The fraction of sp³-hybridized carbons (Fsp3) is 0.250. The lowest BCUT2D eigenvalue weighted by Crippen LogP contribution is -2.44. The molecule has 1 saturated heterocycles. The molecule has 2 N–H and O–H groups in total. The molecular weight excluding hydrogens is 524 g/mol. The predicted octanol–water partition coefficient (Wildman–Crippen LogP) is 5.16. The number of aromatic amines is 1. The minimum atomic E-state index is 0.325. The predicted molar refractivity (Wildman–Crippen MR) is 161 cm³/mol. The smallest absolute Gasteiger partial charge is 0.254 e. The van der Waals surface area contributed by atoms with Crippen LogP contribution in [0.4, 0.5) is 5.82 Å². The molecule has 2 fully saturated rings. The van der Waals surface area contributed by atoms with Crippen LogP contribution < -0.4 is 5.32 Å². The van der Waals surface area contributed by atoms with Gasteiger partial charge in [0.2, 0.25) is 0 Å². The average Bonchev–Trinajstić information content (AvgIpc) is 3.60. The Labute approximate surface area is 242 Å². The molecule has 5 heterocycles. The van der Waals surface area contributed by atoms with Crippen LogP contribution in [-0.2, 0) is 6.54 Å². The number of nitrogens with zero attached hydrogens (tertiary/aromatic N) is 8. The van der Waals surface area contributed by atoms with Gasteiger partial charge in [-0.25, -0.2) is 9.97 Å². The van der Waals surface area contributed by atoms with E-state index in [0.717, 1.165) is 83.8 Å². The highest BCUT2D eigenvalue weighted by molar-refractivity contribution is 5.89. The average molecular weight is 555 g/mol. The van der Waals surface area contributed by atoms with Gasteiger partial charge in [0.05, 0.1) is 11.3 Å². The first-order valence-electron chi connectivity index (χ1n) is 14.4. The highest BCUT2D eigenvalue weighted by Gasteiger charge is 2.32. The lowest BCUT2D eigenvalue weighted by molar-refractivity contribution is 0.135. The van der Waals surface area contributed by atoms with Gasteiger partial charge in [-0.3, -0.25) is 15.0 Å². The van der Waals surface area contributed by atoms with E-state index in [0.29, 0.717) is 17.6 Å². The molecule has 0 spiro atoms. The van der Waals surface area contributed by atoms with Crippen LogP contribution in [0.2, 0.25) is 0 Å². The number of rotatable bonds is 8. The molecule has 208 valence electrons. The number of pyridine rings is 1. The zero-order valence-electron chi connectivity index (χ0n) is 23.3. The summed E-state index contributed by atoms with van der Waals surface area (Å²) in [5.74, 6) is 4.77. The first kappa shape index (κ1) is 24.8. The molecule has 10 nitrogen and oxygen atoms in total. The van der Waals surface area contributed by atoms with E-state index in [1.165, 1.54) is 5.56 Å². The molecule has 0 amide bonds. The van der Waals surface area contributed by atoms with Crippen molar-refractivity contribution in [3.8, 4) is 33.9 Å². The number of H-pyrrole nitrogens is 1. The third kappa shape index (κ3) is 4.50. The van der Waals surface area contributed by atoms with Gasteiger partial charge in [0.1, 0.15) is 11.5 Å². The second kappa shape index (κ2) is 10.1. The van der Waals surface area contributed by atoms with Crippen molar-refractivity contribution in [3.05, 3.63) is 96.2 Å². The second-order valence-electron chi connectivity index (χ2n) is 11.1. The van der Waals surface area contributed by atoms with Crippen molar-refractivity contribution >= 4 is 11.6 Å². The van der Waals surface area contributed by atoms with Crippen LogP contribution in [0.25, 0.3) is 39.7 Å². The monoisotopic (exact) mass is 554 g/mol. The molecule has 0 bridgehead atoms. The van der Waals surface area contributed by atoms with E-state index < -0.39 is 0 Å². The molecule has 2 aliphatic rings. The molecule has 1 aliphatic carbocycles. The molecule has 0 atom stereocenters. The maximum absolute atomic E-state index is 5.06. The molecule has 2 aromatic carbocycles. The molecule has 4 aromatic heterocycles. The molecule has 0 radical (unpaired) electrons. The largest absolute Gasteiger partial charge is 0.372 e. The summed E-state index contributed by atoms with van der Waals surface area (Å²) in [5, 5.41) is 15.7. The third-order valence-electron chi connectivity index (χ3n) is 8.11. The summed E-state index contributed by atoms with van der Waals surface area (Å²) >= 11 is 0. The molecule has 42 heavy (non-hydrogen) atoms. The van der Waals surface area contributed by atoms with Crippen molar-refractivity contribution < 1.29 is 0 Å². The van der Waals surface area contributed by atoms with Crippen LogP contribution in [0.15, 0.2) is 79.0 Å². The summed E-state index contributed by atoms with van der Waals surface area (Å²) in [7, 11) is 1.94. The minimum absolute atomic E-state index is 0.325. The standard InChI is InChI=1S/C32H30N10/c1-33-31-26(21-7-3-2-4-8-21)27(35-32-37-29(23-14-15-23)40-42(31)32)22-12-10-20(11-13-22)17-41-18-24(19-41)28-36-30(39-38-28)25-9-5-6-16-34-25/h2-13,16,23-24,33H,14-15,17-19H2,1H3,(H,36,38,39). The fourth-order valence-electron chi connectivity index (χ4n) is 5.71. The Hall–Kier alpha value is -4.96. The lowest BCUT2D eigenvalue weighted by atomic mass is 9.97. The van der Waals surface area contributed by atoms with Crippen molar-refractivity contribution in [2.24, 2.45) is 0 Å². The Balaban J connectivity index is 1.03. The van der Waals surface area contributed by atoms with Gasteiger partial charge in [0, 0.05) is 50.3 Å². The maximum atomic E-state index is 5.06. The molecule has 6 aromatic rings. The number of hydrogen-bond donors (Lipinski definition) is 2. The van der Waals surface area contributed by atoms with Crippen LogP contribution in [0.5, 0.6) is 0 Å². The summed E-state index contributed by atoms with van der Waals surface area (Å²) < 4.78 is 1.86. The number of fused-ring (bicyclic) bond motifs is 1. The van der Waals surface area contributed by atoms with E-state index in [-0.39, 0.29) is 0 Å². The van der Waals surface area contributed by atoms with Gasteiger partial charge >= 0.3 is 0 Å². The topological polar surface area (TPSA) is 113 Å². The number of benzene rings is 2. The van der Waals surface area contributed by atoms with E-state index in [1.807, 2.05) is 35.8 Å². The van der Waals surface area contributed by atoms with Gasteiger partial charge in [-0.2, -0.15) is 14.6 Å². The summed E-state index contributed by atoms with van der Waals surface area (Å²) in [6.45, 7) is 2.74. The van der Waals surface area contributed by atoms with E-state index in [1.54, 1.807) is 6.20 Å². The molecule has 1 saturated carbocycles. The van der Waals surface area contributed by atoms with Crippen molar-refractivity contribution in [2.75, 3.05) is 25.5 Å². The van der Waals surface area contributed by atoms with Gasteiger partial charge in [-0.05, 0) is 36.1 Å². The second-order valence-corrected chi connectivity index (χ2v) is 11.1. The Morgan fingerprint density at radius 3 is 2.38 bits per heavy atom. The van der Waals surface area contributed by atoms with Crippen LogP contribution in [-0.4, -0.2) is 64.8 Å². The van der Waals surface area contributed by atoms with Gasteiger partial charge in [0.15, 0.2) is 17.5 Å². The number of anilines is 1. The van der Waals surface area contributed by atoms with E-state index >= 15 is 0 Å². The quantitative estimate of drug-likeness (QED) is 0.265. The number of hydrogen-bond acceptors (Lipinski definition) is 8. The van der Waals surface area contributed by atoms with E-state index in [2.05, 4.69) is 73.9 Å². The highest BCUT2D eigenvalue weighted by atomic mass is 15.4. The molecule has 1 aliphatic heterocycles. The Kier molecular flexibility index (Phi) is 5.99. The molecular formula is C32H30N10. The first-order valence-corrected chi connectivity index (χ1v) is 14.4. The summed E-state index contributed by atoms with van der Waals surface area (Å²) in [6.07, 6.45) is 4.06. The Morgan fingerprint density at radius 1 is 0.833 bits per heavy atom. The number of likely N-dealkylation sites (tertiary alicyclic amines) is 1. The Morgan fingerprint density at radius 2 is 1.64 bits per heavy atom. The number of nitrogens with one attached hydrogen (secondary N) is 2. The molecule has 10 heteroatoms. The zero-order chi connectivity index (χ0) is 28.0. The number of aromatic nitrogens is 8. The first-order chi connectivity index (χ1) is 20.7. The van der Waals surface area contributed by atoms with Crippen LogP contribution >= 0.6 is 0 Å². The lowest BCUT2D eigenvalue weighted by Gasteiger charge is -2.37. The summed E-state index contributed by atoms with van der Waals surface area (Å²) in [6, 6.07) is 24.9. The molecule has 0 unspecified atom stereocenters. The van der Waals surface area contributed by atoms with E-state index in [4.69, 9.17) is 20.1 Å². The fourth-order valence-corrected chi connectivity index (χ4v) is 5.71. The van der Waals surface area contributed by atoms with Crippen LogP contribution in [0.3, 0.4) is 0 Å². The molecule has 8 rings (SSSR count). The van der Waals surface area contributed by atoms with E-state index in [9.17, 15) is 0 Å². The normalized spacial score (nSPS) is 15.6. The van der Waals surface area contributed by atoms with Crippen molar-refractivity contribution in [1.82, 2.24) is 44.6 Å². The Bertz CT molecular complexity index is 1850.